The number of aromatic nitrogens is 2. The van der Waals surface area contributed by atoms with Gasteiger partial charge in [-0.1, -0.05) is 18.2 Å². The van der Waals surface area contributed by atoms with E-state index in [1.807, 2.05) is 42.5 Å². The van der Waals surface area contributed by atoms with Crippen LogP contribution in [0.4, 0.5) is 5.69 Å². The number of fused-ring (bicyclic) bond motifs is 1. The molecule has 1 amide bonds. The molecule has 0 aliphatic carbocycles. The zero-order valence-electron chi connectivity index (χ0n) is 13.4. The summed E-state index contributed by atoms with van der Waals surface area (Å²) >= 11 is 0. The summed E-state index contributed by atoms with van der Waals surface area (Å²) in [6.45, 7) is 0.428. The van der Waals surface area contributed by atoms with Crippen molar-refractivity contribution in [3.63, 3.8) is 0 Å². The van der Waals surface area contributed by atoms with Crippen molar-refractivity contribution < 1.29 is 9.21 Å². The van der Waals surface area contributed by atoms with Crippen LogP contribution in [0.5, 0.6) is 0 Å². The van der Waals surface area contributed by atoms with E-state index < -0.39 is 0 Å². The van der Waals surface area contributed by atoms with Crippen molar-refractivity contribution in [3.8, 4) is 0 Å². The van der Waals surface area contributed by atoms with E-state index >= 15 is 0 Å². The monoisotopic (exact) mass is 329 g/mol. The topological polar surface area (TPSA) is 59.2 Å². The van der Waals surface area contributed by atoms with Crippen LogP contribution in [0, 0.1) is 0 Å². The molecule has 0 atom stereocenters. The van der Waals surface area contributed by atoms with Gasteiger partial charge in [-0.2, -0.15) is 0 Å². The Morgan fingerprint density at radius 1 is 0.960 bits per heavy atom. The Balaban J connectivity index is 1.73. The number of nitrogens with zero attached hydrogens (tertiary/aromatic N) is 3. The van der Waals surface area contributed by atoms with Gasteiger partial charge in [0.05, 0.1) is 30.1 Å². The van der Waals surface area contributed by atoms with Crippen LogP contribution in [0.2, 0.25) is 0 Å². The lowest BCUT2D eigenvalue weighted by atomic mass is 10.1. The van der Waals surface area contributed by atoms with Gasteiger partial charge in [-0.15, -0.1) is 0 Å². The molecule has 5 nitrogen and oxygen atoms in total. The smallest absolute Gasteiger partial charge is 0.258 e. The van der Waals surface area contributed by atoms with E-state index in [0.717, 1.165) is 16.8 Å². The number of amides is 1. The molecule has 122 valence electrons. The Hall–Kier alpha value is -3.47. The lowest BCUT2D eigenvalue weighted by Gasteiger charge is -2.22. The first-order valence-electron chi connectivity index (χ1n) is 7.90. The van der Waals surface area contributed by atoms with Gasteiger partial charge in [0, 0.05) is 29.2 Å². The third-order valence-corrected chi connectivity index (χ3v) is 3.95. The molecule has 25 heavy (non-hydrogen) atoms. The second-order valence-corrected chi connectivity index (χ2v) is 5.62. The Morgan fingerprint density at radius 3 is 2.52 bits per heavy atom. The van der Waals surface area contributed by atoms with E-state index in [-0.39, 0.29) is 5.91 Å². The fourth-order valence-corrected chi connectivity index (χ4v) is 2.71. The maximum absolute atomic E-state index is 13.2. The zero-order chi connectivity index (χ0) is 17.1. The summed E-state index contributed by atoms with van der Waals surface area (Å²) in [5.74, 6) is -0.0973. The van der Waals surface area contributed by atoms with E-state index in [1.54, 1.807) is 42.0 Å². The van der Waals surface area contributed by atoms with Crippen molar-refractivity contribution in [2.45, 2.75) is 6.54 Å². The minimum absolute atomic E-state index is 0.0973. The summed E-state index contributed by atoms with van der Waals surface area (Å²) < 4.78 is 5.14. The van der Waals surface area contributed by atoms with Crippen LogP contribution in [-0.2, 0) is 6.54 Å². The first-order chi connectivity index (χ1) is 12.3. The quantitative estimate of drug-likeness (QED) is 0.566. The molecule has 2 aromatic heterocycles. The second kappa shape index (κ2) is 6.57. The molecule has 0 N–H and O–H groups in total. The fourth-order valence-electron chi connectivity index (χ4n) is 2.71. The molecule has 0 saturated heterocycles. The van der Waals surface area contributed by atoms with Gasteiger partial charge in [0.2, 0.25) is 0 Å². The van der Waals surface area contributed by atoms with Crippen LogP contribution < -0.4 is 4.90 Å². The fraction of sp³-hybridized carbons (Fsp3) is 0.0500. The van der Waals surface area contributed by atoms with Crippen LogP contribution in [0.3, 0.4) is 0 Å². The number of benzene rings is 2. The van der Waals surface area contributed by atoms with Crippen LogP contribution in [0.25, 0.3) is 11.0 Å². The van der Waals surface area contributed by atoms with Gasteiger partial charge in [-0.25, -0.2) is 0 Å². The van der Waals surface area contributed by atoms with Crippen molar-refractivity contribution in [2.75, 3.05) is 4.90 Å². The highest BCUT2D eigenvalue weighted by molar-refractivity contribution is 6.07. The van der Waals surface area contributed by atoms with Crippen molar-refractivity contribution >= 4 is 22.6 Å². The van der Waals surface area contributed by atoms with Gasteiger partial charge in [-0.05, 0) is 36.4 Å². The lowest BCUT2D eigenvalue weighted by Crippen LogP contribution is -2.30. The van der Waals surface area contributed by atoms with Crippen LogP contribution in [0.15, 0.2) is 83.9 Å². The Kier molecular flexibility index (Phi) is 3.96. The highest BCUT2D eigenvalue weighted by Gasteiger charge is 2.19. The third kappa shape index (κ3) is 3.12. The van der Waals surface area contributed by atoms with Crippen molar-refractivity contribution in [1.29, 1.82) is 0 Å². The third-order valence-electron chi connectivity index (χ3n) is 3.95. The summed E-state index contributed by atoms with van der Waals surface area (Å²) in [6.07, 6.45) is 6.51. The minimum atomic E-state index is -0.0973. The molecule has 2 heterocycles. The molecular formula is C20H15N3O2. The maximum atomic E-state index is 13.2. The molecule has 0 saturated carbocycles. The molecule has 4 rings (SSSR count). The first kappa shape index (κ1) is 15.1. The molecule has 5 heteroatoms. The van der Waals surface area contributed by atoms with Crippen molar-refractivity contribution in [3.05, 3.63) is 90.6 Å². The van der Waals surface area contributed by atoms with E-state index in [2.05, 4.69) is 9.97 Å². The average molecular weight is 329 g/mol. The lowest BCUT2D eigenvalue weighted by molar-refractivity contribution is 0.0985. The second-order valence-electron chi connectivity index (χ2n) is 5.62. The van der Waals surface area contributed by atoms with Gasteiger partial charge in [0.15, 0.2) is 0 Å². The number of hydrogen-bond donors (Lipinski definition) is 0. The predicted octanol–water partition coefficient (Wildman–Crippen LogP) is 4.07. The average Bonchev–Trinajstić information content (AvgIpc) is 3.19. The zero-order valence-corrected chi connectivity index (χ0v) is 13.4. The van der Waals surface area contributed by atoms with Crippen LogP contribution in [0.1, 0.15) is 15.9 Å². The molecule has 0 bridgehead atoms. The predicted molar refractivity (Wildman–Crippen MR) is 95.2 cm³/mol. The molecule has 2 aromatic carbocycles. The van der Waals surface area contributed by atoms with E-state index in [4.69, 9.17) is 4.42 Å². The maximum Gasteiger partial charge on any atom is 0.258 e. The minimum Gasteiger partial charge on any atom is -0.472 e. The highest BCUT2D eigenvalue weighted by atomic mass is 16.3. The van der Waals surface area contributed by atoms with Gasteiger partial charge in [0.1, 0.15) is 0 Å². The summed E-state index contributed by atoms with van der Waals surface area (Å²) in [5, 5.41) is 0. The number of carbonyl (C=O) groups is 1. The molecule has 0 aliphatic heterocycles. The molecule has 0 aliphatic rings. The summed E-state index contributed by atoms with van der Waals surface area (Å²) in [4.78, 5) is 23.4. The molecule has 0 fully saturated rings. The molecule has 4 aromatic rings. The van der Waals surface area contributed by atoms with Gasteiger partial charge >= 0.3 is 0 Å². The summed E-state index contributed by atoms with van der Waals surface area (Å²) in [6, 6.07) is 16.8. The number of carbonyl (C=O) groups excluding carboxylic acids is 1. The summed E-state index contributed by atoms with van der Waals surface area (Å²) in [7, 11) is 0. The molecule has 0 spiro atoms. The first-order valence-corrected chi connectivity index (χ1v) is 7.90. The van der Waals surface area contributed by atoms with E-state index in [1.165, 1.54) is 0 Å². The summed E-state index contributed by atoms with van der Waals surface area (Å²) in [5.41, 5.74) is 3.79. The largest absolute Gasteiger partial charge is 0.472 e. The van der Waals surface area contributed by atoms with Gasteiger partial charge in [-0.3, -0.25) is 14.8 Å². The molecule has 0 unspecified atom stereocenters. The van der Waals surface area contributed by atoms with E-state index in [9.17, 15) is 4.79 Å². The SMILES string of the molecule is O=C(c1ccc2nccnc2c1)N(Cc1ccoc1)c1ccccc1. The number of anilines is 1. The number of rotatable bonds is 4. The molecular weight excluding hydrogens is 314 g/mol. The van der Waals surface area contributed by atoms with Crippen molar-refractivity contribution in [2.24, 2.45) is 0 Å². The van der Waals surface area contributed by atoms with E-state index in [0.29, 0.717) is 17.6 Å². The van der Waals surface area contributed by atoms with Crippen LogP contribution >= 0.6 is 0 Å². The standard InChI is InChI=1S/C20H15N3O2/c24-20(16-6-7-18-19(12-16)22-10-9-21-18)23(13-15-8-11-25-14-15)17-4-2-1-3-5-17/h1-12,14H,13H2. The van der Waals surface area contributed by atoms with Gasteiger partial charge in [0.25, 0.3) is 5.91 Å². The number of furan rings is 1. The van der Waals surface area contributed by atoms with Gasteiger partial charge < -0.3 is 9.32 Å². The number of hydrogen-bond acceptors (Lipinski definition) is 4. The van der Waals surface area contributed by atoms with Crippen LogP contribution in [-0.4, -0.2) is 15.9 Å². The normalized spacial score (nSPS) is 10.7. The Morgan fingerprint density at radius 2 is 1.76 bits per heavy atom. The van der Waals surface area contributed by atoms with Crippen molar-refractivity contribution in [1.82, 2.24) is 9.97 Å². The number of para-hydroxylation sites is 1. The Labute approximate surface area is 144 Å². The highest BCUT2D eigenvalue weighted by Crippen LogP contribution is 2.21. The molecule has 0 radical (unpaired) electrons. The Bertz CT molecular complexity index is 998.